The second-order valence-corrected chi connectivity index (χ2v) is 3.32. The van der Waals surface area contributed by atoms with Gasteiger partial charge in [-0.3, -0.25) is 0 Å². The molecule has 0 radical (unpaired) electrons. The van der Waals surface area contributed by atoms with E-state index in [9.17, 15) is 0 Å². The molecule has 3 heteroatoms. The summed E-state index contributed by atoms with van der Waals surface area (Å²) in [6.45, 7) is 7.31. The van der Waals surface area contributed by atoms with Crippen LogP contribution in [0.2, 0.25) is 0 Å². The van der Waals surface area contributed by atoms with Crippen LogP contribution in [0.25, 0.3) is 0 Å². The summed E-state index contributed by atoms with van der Waals surface area (Å²) >= 11 is 0. The SMILES string of the molecule is C=CCN(CC)c1cc(OC)ccc1C#N. The Morgan fingerprint density at radius 2 is 2.31 bits per heavy atom. The van der Waals surface area contributed by atoms with Gasteiger partial charge >= 0.3 is 0 Å². The van der Waals surface area contributed by atoms with Gasteiger partial charge in [-0.2, -0.15) is 5.26 Å². The zero-order valence-electron chi connectivity index (χ0n) is 9.73. The van der Waals surface area contributed by atoms with Gasteiger partial charge in [-0.1, -0.05) is 6.08 Å². The summed E-state index contributed by atoms with van der Waals surface area (Å²) in [4.78, 5) is 2.08. The van der Waals surface area contributed by atoms with E-state index in [2.05, 4.69) is 17.5 Å². The van der Waals surface area contributed by atoms with Crippen LogP contribution in [-0.2, 0) is 0 Å². The van der Waals surface area contributed by atoms with Crippen LogP contribution in [0.4, 0.5) is 5.69 Å². The maximum atomic E-state index is 9.05. The van der Waals surface area contributed by atoms with Crippen molar-refractivity contribution in [1.29, 1.82) is 5.26 Å². The maximum Gasteiger partial charge on any atom is 0.121 e. The van der Waals surface area contributed by atoms with E-state index in [1.54, 1.807) is 19.2 Å². The summed E-state index contributed by atoms with van der Waals surface area (Å²) in [6.07, 6.45) is 1.82. The predicted octanol–water partition coefficient (Wildman–Crippen LogP) is 2.58. The largest absolute Gasteiger partial charge is 0.497 e. The quantitative estimate of drug-likeness (QED) is 0.710. The number of methoxy groups -OCH3 is 1. The number of anilines is 1. The van der Waals surface area contributed by atoms with E-state index >= 15 is 0 Å². The van der Waals surface area contributed by atoms with Crippen molar-refractivity contribution in [3.8, 4) is 11.8 Å². The van der Waals surface area contributed by atoms with Crippen LogP contribution >= 0.6 is 0 Å². The van der Waals surface area contributed by atoms with Crippen LogP contribution in [0.5, 0.6) is 5.75 Å². The second kappa shape index (κ2) is 5.82. The molecule has 0 aliphatic rings. The fraction of sp³-hybridized carbons (Fsp3) is 0.308. The van der Waals surface area contributed by atoms with Gasteiger partial charge in [0.05, 0.1) is 18.4 Å². The van der Waals surface area contributed by atoms with Gasteiger partial charge in [0, 0.05) is 19.2 Å². The lowest BCUT2D eigenvalue weighted by Crippen LogP contribution is -2.23. The Balaban J connectivity index is 3.16. The molecular formula is C13H16N2O. The fourth-order valence-corrected chi connectivity index (χ4v) is 1.55. The number of ether oxygens (including phenoxy) is 1. The molecule has 0 aliphatic heterocycles. The molecule has 84 valence electrons. The standard InChI is InChI=1S/C13H16N2O/c1-4-8-15(5-2)13-9-12(16-3)7-6-11(13)10-14/h4,6-7,9H,1,5,8H2,2-3H3. The molecule has 0 fully saturated rings. The highest BCUT2D eigenvalue weighted by molar-refractivity contribution is 5.62. The van der Waals surface area contributed by atoms with Gasteiger partial charge in [-0.15, -0.1) is 6.58 Å². The van der Waals surface area contributed by atoms with Crippen LogP contribution in [0.3, 0.4) is 0 Å². The van der Waals surface area contributed by atoms with Crippen molar-refractivity contribution in [2.45, 2.75) is 6.92 Å². The average Bonchev–Trinajstić information content (AvgIpc) is 2.35. The number of benzene rings is 1. The van der Waals surface area contributed by atoms with Crippen molar-refractivity contribution in [2.75, 3.05) is 25.1 Å². The van der Waals surface area contributed by atoms with Crippen molar-refractivity contribution in [2.24, 2.45) is 0 Å². The van der Waals surface area contributed by atoms with Gasteiger partial charge in [-0.25, -0.2) is 0 Å². The van der Waals surface area contributed by atoms with Gasteiger partial charge < -0.3 is 9.64 Å². The van der Waals surface area contributed by atoms with E-state index in [0.29, 0.717) is 5.56 Å². The summed E-state index contributed by atoms with van der Waals surface area (Å²) in [5, 5.41) is 9.05. The smallest absolute Gasteiger partial charge is 0.121 e. The maximum absolute atomic E-state index is 9.05. The van der Waals surface area contributed by atoms with Crippen molar-refractivity contribution in [3.05, 3.63) is 36.4 Å². The molecule has 0 unspecified atom stereocenters. The molecule has 0 bridgehead atoms. The zero-order valence-corrected chi connectivity index (χ0v) is 9.73. The summed E-state index contributed by atoms with van der Waals surface area (Å²) in [7, 11) is 1.62. The molecule has 0 spiro atoms. The molecule has 0 saturated heterocycles. The first kappa shape index (κ1) is 12.1. The van der Waals surface area contributed by atoms with Crippen molar-refractivity contribution in [3.63, 3.8) is 0 Å². The second-order valence-electron chi connectivity index (χ2n) is 3.32. The Labute approximate surface area is 96.6 Å². The Kier molecular flexibility index (Phi) is 4.41. The van der Waals surface area contributed by atoms with Gasteiger partial charge in [0.25, 0.3) is 0 Å². The number of hydrogen-bond acceptors (Lipinski definition) is 3. The summed E-state index contributed by atoms with van der Waals surface area (Å²) in [5.41, 5.74) is 1.55. The van der Waals surface area contributed by atoms with E-state index < -0.39 is 0 Å². The Hall–Kier alpha value is -1.95. The molecule has 3 nitrogen and oxygen atoms in total. The minimum atomic E-state index is 0.657. The lowest BCUT2D eigenvalue weighted by molar-refractivity contribution is 0.415. The molecule has 1 rings (SSSR count). The molecule has 0 aromatic heterocycles. The molecule has 1 aromatic rings. The molecule has 0 saturated carbocycles. The third-order valence-corrected chi connectivity index (χ3v) is 2.40. The van der Waals surface area contributed by atoms with Gasteiger partial charge in [0.1, 0.15) is 11.8 Å². The first-order valence-corrected chi connectivity index (χ1v) is 5.20. The van der Waals surface area contributed by atoms with Crippen LogP contribution < -0.4 is 9.64 Å². The lowest BCUT2D eigenvalue weighted by atomic mass is 10.1. The Morgan fingerprint density at radius 1 is 1.56 bits per heavy atom. The topological polar surface area (TPSA) is 36.3 Å². The first-order chi connectivity index (χ1) is 7.76. The summed E-state index contributed by atoms with van der Waals surface area (Å²) in [6, 6.07) is 7.64. The number of likely N-dealkylation sites (N-methyl/N-ethyl adjacent to an activating group) is 1. The van der Waals surface area contributed by atoms with Crippen LogP contribution in [0, 0.1) is 11.3 Å². The average molecular weight is 216 g/mol. The van der Waals surface area contributed by atoms with E-state index in [0.717, 1.165) is 24.5 Å². The molecule has 16 heavy (non-hydrogen) atoms. The first-order valence-electron chi connectivity index (χ1n) is 5.20. The van der Waals surface area contributed by atoms with Gasteiger partial charge in [0.2, 0.25) is 0 Å². The molecule has 0 N–H and O–H groups in total. The summed E-state index contributed by atoms with van der Waals surface area (Å²) in [5.74, 6) is 0.761. The molecule has 0 heterocycles. The number of rotatable bonds is 5. The fourth-order valence-electron chi connectivity index (χ4n) is 1.55. The van der Waals surface area contributed by atoms with Crippen LogP contribution in [0.15, 0.2) is 30.9 Å². The van der Waals surface area contributed by atoms with E-state index in [4.69, 9.17) is 10.00 Å². The molecule has 0 amide bonds. The predicted molar refractivity (Wildman–Crippen MR) is 65.8 cm³/mol. The monoisotopic (exact) mass is 216 g/mol. The highest BCUT2D eigenvalue weighted by Gasteiger charge is 2.09. The summed E-state index contributed by atoms with van der Waals surface area (Å²) < 4.78 is 5.17. The third kappa shape index (κ3) is 2.54. The van der Waals surface area contributed by atoms with E-state index in [-0.39, 0.29) is 0 Å². The van der Waals surface area contributed by atoms with Crippen LogP contribution in [-0.4, -0.2) is 20.2 Å². The minimum Gasteiger partial charge on any atom is -0.497 e. The lowest BCUT2D eigenvalue weighted by Gasteiger charge is -2.22. The van der Waals surface area contributed by atoms with E-state index in [1.807, 2.05) is 19.1 Å². The Morgan fingerprint density at radius 3 is 2.81 bits per heavy atom. The van der Waals surface area contributed by atoms with Gasteiger partial charge in [-0.05, 0) is 19.1 Å². The molecule has 0 aliphatic carbocycles. The number of hydrogen-bond donors (Lipinski definition) is 0. The molecule has 0 atom stereocenters. The van der Waals surface area contributed by atoms with Crippen LogP contribution in [0.1, 0.15) is 12.5 Å². The highest BCUT2D eigenvalue weighted by atomic mass is 16.5. The van der Waals surface area contributed by atoms with Gasteiger partial charge in [0.15, 0.2) is 0 Å². The van der Waals surface area contributed by atoms with Crippen molar-refractivity contribution in [1.82, 2.24) is 0 Å². The number of nitriles is 1. The molecule has 1 aromatic carbocycles. The van der Waals surface area contributed by atoms with E-state index in [1.165, 1.54) is 0 Å². The highest BCUT2D eigenvalue weighted by Crippen LogP contribution is 2.25. The normalized spacial score (nSPS) is 9.31. The third-order valence-electron chi connectivity index (χ3n) is 2.40. The van der Waals surface area contributed by atoms with Crippen molar-refractivity contribution >= 4 is 5.69 Å². The van der Waals surface area contributed by atoms with Crippen molar-refractivity contribution < 1.29 is 4.74 Å². The Bertz CT molecular complexity index is 407. The zero-order chi connectivity index (χ0) is 12.0. The minimum absolute atomic E-state index is 0.657. The molecular weight excluding hydrogens is 200 g/mol. The number of nitrogens with zero attached hydrogens (tertiary/aromatic N) is 2.